The maximum atomic E-state index is 11.9. The Labute approximate surface area is 148 Å². The lowest BCUT2D eigenvalue weighted by atomic mass is 10.1. The summed E-state index contributed by atoms with van der Waals surface area (Å²) in [4.78, 5) is 13.6. The monoisotopic (exact) mass is 395 g/mol. The van der Waals surface area contributed by atoms with Gasteiger partial charge in [0.2, 0.25) is 0 Å². The molecule has 128 valence electrons. The fourth-order valence-corrected chi connectivity index (χ4v) is 3.24. The van der Waals surface area contributed by atoms with Crippen molar-refractivity contribution in [3.05, 3.63) is 27.9 Å². The first-order valence-corrected chi connectivity index (χ1v) is 8.28. The minimum Gasteiger partial charge on any atom is -0.496 e. The molecule has 0 saturated carbocycles. The molecule has 1 aromatic heterocycles. The number of amides is 1. The van der Waals surface area contributed by atoms with E-state index in [1.807, 2.05) is 12.1 Å². The molecule has 1 aromatic carbocycles. The summed E-state index contributed by atoms with van der Waals surface area (Å²) in [6, 6.07) is 3.71. The highest BCUT2D eigenvalue weighted by Crippen LogP contribution is 2.41. The summed E-state index contributed by atoms with van der Waals surface area (Å²) in [5.74, 6) is 1.36. The Kier molecular flexibility index (Phi) is 4.66. The number of ether oxygens (including phenoxy) is 3. The Balaban J connectivity index is 1.98. The fraction of sp³-hybridized carbons (Fsp3) is 0.375. The number of halogens is 1. The van der Waals surface area contributed by atoms with Gasteiger partial charge in [-0.05, 0) is 35.0 Å². The third-order valence-corrected chi connectivity index (χ3v) is 4.53. The van der Waals surface area contributed by atoms with Crippen molar-refractivity contribution in [3.8, 4) is 22.8 Å². The van der Waals surface area contributed by atoms with Gasteiger partial charge in [0.25, 0.3) is 0 Å². The molecule has 0 unspecified atom stereocenters. The summed E-state index contributed by atoms with van der Waals surface area (Å²) >= 11 is 3.45. The van der Waals surface area contributed by atoms with Crippen LogP contribution in [0.3, 0.4) is 0 Å². The van der Waals surface area contributed by atoms with Gasteiger partial charge in [0.05, 0.1) is 44.1 Å². The van der Waals surface area contributed by atoms with Crippen LogP contribution in [0.1, 0.15) is 18.2 Å². The van der Waals surface area contributed by atoms with Crippen LogP contribution in [0, 0.1) is 0 Å². The molecule has 1 aliphatic heterocycles. The number of aromatic nitrogens is 2. The minimum atomic E-state index is -0.326. The van der Waals surface area contributed by atoms with E-state index in [1.165, 1.54) is 0 Å². The average molecular weight is 396 g/mol. The van der Waals surface area contributed by atoms with Gasteiger partial charge < -0.3 is 14.2 Å². The van der Waals surface area contributed by atoms with Crippen LogP contribution in [0.2, 0.25) is 0 Å². The van der Waals surface area contributed by atoms with E-state index >= 15 is 0 Å². The molecule has 0 radical (unpaired) electrons. The van der Waals surface area contributed by atoms with Crippen molar-refractivity contribution in [2.24, 2.45) is 0 Å². The number of H-pyrrole nitrogens is 1. The van der Waals surface area contributed by atoms with E-state index in [0.717, 1.165) is 27.0 Å². The van der Waals surface area contributed by atoms with Crippen molar-refractivity contribution in [2.45, 2.75) is 20.0 Å². The van der Waals surface area contributed by atoms with Gasteiger partial charge in [-0.15, -0.1) is 0 Å². The molecule has 0 atom stereocenters. The summed E-state index contributed by atoms with van der Waals surface area (Å²) in [7, 11) is 3.21. The third kappa shape index (κ3) is 2.82. The highest BCUT2D eigenvalue weighted by molar-refractivity contribution is 9.10. The smallest absolute Gasteiger partial charge is 0.410 e. The highest BCUT2D eigenvalue weighted by atomic mass is 79.9. The number of nitrogens with one attached hydrogen (secondary N) is 1. The molecule has 3 rings (SSSR count). The number of hydrogen-bond donors (Lipinski definition) is 1. The van der Waals surface area contributed by atoms with Crippen LogP contribution >= 0.6 is 15.9 Å². The fourth-order valence-electron chi connectivity index (χ4n) is 2.75. The number of carbonyl (C=O) groups excluding carboxylic acids is 1. The predicted molar refractivity (Wildman–Crippen MR) is 91.1 cm³/mol. The average Bonchev–Trinajstić information content (AvgIpc) is 3.15. The summed E-state index contributed by atoms with van der Waals surface area (Å²) < 4.78 is 16.7. The maximum absolute atomic E-state index is 11.9. The lowest BCUT2D eigenvalue weighted by Crippen LogP contribution is -2.26. The van der Waals surface area contributed by atoms with Crippen molar-refractivity contribution < 1.29 is 19.0 Å². The molecule has 0 bridgehead atoms. The van der Waals surface area contributed by atoms with Gasteiger partial charge in [-0.25, -0.2) is 4.79 Å². The quantitative estimate of drug-likeness (QED) is 0.858. The molecule has 0 spiro atoms. The lowest BCUT2D eigenvalue weighted by molar-refractivity contribution is 0.106. The second-order valence-electron chi connectivity index (χ2n) is 5.27. The molecule has 0 saturated heterocycles. The lowest BCUT2D eigenvalue weighted by Gasteiger charge is -2.15. The van der Waals surface area contributed by atoms with Gasteiger partial charge >= 0.3 is 6.09 Å². The zero-order valence-corrected chi connectivity index (χ0v) is 15.3. The molecular weight excluding hydrogens is 378 g/mol. The summed E-state index contributed by atoms with van der Waals surface area (Å²) in [6.07, 6.45) is -0.326. The Morgan fingerprint density at radius 3 is 2.71 bits per heavy atom. The minimum absolute atomic E-state index is 0.326. The SMILES string of the molecule is CCOC(=O)N1Cc2[nH]nc(-c3cc(OC)c(Br)cc3OC)c2C1. The van der Waals surface area contributed by atoms with Crippen LogP contribution in [0.15, 0.2) is 16.6 Å². The Bertz CT molecular complexity index is 775. The highest BCUT2D eigenvalue weighted by Gasteiger charge is 2.30. The molecule has 1 aliphatic rings. The number of benzene rings is 1. The second kappa shape index (κ2) is 6.72. The van der Waals surface area contributed by atoms with Gasteiger partial charge in [0, 0.05) is 11.1 Å². The van der Waals surface area contributed by atoms with Crippen LogP contribution in [-0.2, 0) is 17.8 Å². The van der Waals surface area contributed by atoms with Crippen molar-refractivity contribution in [1.82, 2.24) is 15.1 Å². The zero-order valence-electron chi connectivity index (χ0n) is 13.7. The standard InChI is InChI=1S/C16H18BrN3O4/c1-4-24-16(21)20-7-10-12(8-20)18-19-15(10)9-5-14(23-3)11(17)6-13(9)22-2/h5-6H,4,7-8H2,1-3H3,(H,18,19). The van der Waals surface area contributed by atoms with Crippen molar-refractivity contribution in [2.75, 3.05) is 20.8 Å². The number of fused-ring (bicyclic) bond motifs is 1. The first-order chi connectivity index (χ1) is 11.6. The molecule has 2 aromatic rings. The summed E-state index contributed by atoms with van der Waals surface area (Å²) in [5.41, 5.74) is 3.42. The van der Waals surface area contributed by atoms with Crippen LogP contribution in [-0.4, -0.2) is 42.0 Å². The number of aromatic amines is 1. The van der Waals surface area contributed by atoms with Gasteiger partial charge in [0.1, 0.15) is 17.2 Å². The van der Waals surface area contributed by atoms with Gasteiger partial charge in [0.15, 0.2) is 0 Å². The molecule has 8 heteroatoms. The van der Waals surface area contributed by atoms with Crippen LogP contribution < -0.4 is 9.47 Å². The first-order valence-electron chi connectivity index (χ1n) is 7.48. The molecule has 24 heavy (non-hydrogen) atoms. The first kappa shape index (κ1) is 16.6. The maximum Gasteiger partial charge on any atom is 0.410 e. The third-order valence-electron chi connectivity index (χ3n) is 3.91. The van der Waals surface area contributed by atoms with Gasteiger partial charge in [-0.3, -0.25) is 10.00 Å². The van der Waals surface area contributed by atoms with Crippen molar-refractivity contribution in [3.63, 3.8) is 0 Å². The van der Waals surface area contributed by atoms with Crippen LogP contribution in [0.4, 0.5) is 4.79 Å². The predicted octanol–water partition coefficient (Wildman–Crippen LogP) is 3.33. The molecule has 1 N–H and O–H groups in total. The van der Waals surface area contributed by atoms with Gasteiger partial charge in [-0.1, -0.05) is 0 Å². The van der Waals surface area contributed by atoms with Gasteiger partial charge in [-0.2, -0.15) is 5.10 Å². The van der Waals surface area contributed by atoms with Crippen LogP contribution in [0.5, 0.6) is 11.5 Å². The zero-order chi connectivity index (χ0) is 17.3. The number of nitrogens with zero attached hydrogens (tertiary/aromatic N) is 2. The number of hydrogen-bond acceptors (Lipinski definition) is 5. The van der Waals surface area contributed by atoms with E-state index in [1.54, 1.807) is 26.0 Å². The Hall–Kier alpha value is -2.22. The Morgan fingerprint density at radius 2 is 2.04 bits per heavy atom. The Morgan fingerprint density at radius 1 is 1.29 bits per heavy atom. The molecular formula is C16H18BrN3O4. The van der Waals surface area contributed by atoms with E-state index in [-0.39, 0.29) is 6.09 Å². The number of methoxy groups -OCH3 is 2. The second-order valence-corrected chi connectivity index (χ2v) is 6.13. The molecule has 7 nitrogen and oxygen atoms in total. The van der Waals surface area contributed by atoms with Crippen LogP contribution in [0.25, 0.3) is 11.3 Å². The molecule has 0 aliphatic carbocycles. The summed E-state index contributed by atoms with van der Waals surface area (Å²) in [5, 5.41) is 7.41. The molecule has 0 fully saturated rings. The van der Waals surface area contributed by atoms with E-state index in [2.05, 4.69) is 26.1 Å². The topological polar surface area (TPSA) is 76.7 Å². The molecule has 1 amide bonds. The molecule has 2 heterocycles. The largest absolute Gasteiger partial charge is 0.496 e. The van der Waals surface area contributed by atoms with E-state index in [9.17, 15) is 4.79 Å². The van der Waals surface area contributed by atoms with E-state index < -0.39 is 0 Å². The summed E-state index contributed by atoms with van der Waals surface area (Å²) in [6.45, 7) is 3.05. The van der Waals surface area contributed by atoms with E-state index in [4.69, 9.17) is 14.2 Å². The van der Waals surface area contributed by atoms with Crippen molar-refractivity contribution in [1.29, 1.82) is 0 Å². The van der Waals surface area contributed by atoms with E-state index in [0.29, 0.717) is 31.2 Å². The number of rotatable bonds is 4. The number of carbonyl (C=O) groups is 1. The van der Waals surface area contributed by atoms with Crippen molar-refractivity contribution >= 4 is 22.0 Å². The normalized spacial score (nSPS) is 12.9.